The molecular formula is C19H19ClN6O2S. The number of nitro benzene ring substituents is 1. The minimum absolute atomic E-state index is 0.0775. The van der Waals surface area contributed by atoms with Crippen molar-refractivity contribution in [3.8, 4) is 0 Å². The second-order valence-electron chi connectivity index (χ2n) is 5.96. The number of aromatic nitrogens is 2. The van der Waals surface area contributed by atoms with Gasteiger partial charge in [-0.15, -0.1) is 0 Å². The monoisotopic (exact) mass is 430 g/mol. The van der Waals surface area contributed by atoms with Crippen LogP contribution in [0.25, 0.3) is 0 Å². The Morgan fingerprint density at radius 2 is 1.76 bits per heavy atom. The zero-order chi connectivity index (χ0) is 20.6. The molecule has 4 N–H and O–H groups in total. The van der Waals surface area contributed by atoms with Crippen LogP contribution < -0.4 is 16.4 Å². The van der Waals surface area contributed by atoms with Gasteiger partial charge in [0.05, 0.1) is 11.1 Å². The van der Waals surface area contributed by atoms with Crippen LogP contribution in [0, 0.1) is 10.1 Å². The van der Waals surface area contributed by atoms with Crippen molar-refractivity contribution in [2.45, 2.75) is 16.2 Å². The molecular weight excluding hydrogens is 412 g/mol. The van der Waals surface area contributed by atoms with Crippen LogP contribution in [0.2, 0.25) is 5.02 Å². The molecule has 8 nitrogen and oxygen atoms in total. The van der Waals surface area contributed by atoms with Gasteiger partial charge in [-0.05, 0) is 49.4 Å². The third-order valence-electron chi connectivity index (χ3n) is 3.81. The number of hydrogen-bond donors (Lipinski definition) is 3. The minimum Gasteiger partial charge on any atom is -0.369 e. The Morgan fingerprint density at radius 3 is 2.38 bits per heavy atom. The maximum atomic E-state index is 10.7. The maximum absolute atomic E-state index is 10.7. The predicted molar refractivity (Wildman–Crippen MR) is 116 cm³/mol. The molecule has 29 heavy (non-hydrogen) atoms. The molecule has 3 rings (SSSR count). The Bertz CT molecular complexity index is 969. The molecule has 150 valence electrons. The lowest BCUT2D eigenvalue weighted by molar-refractivity contribution is -0.384. The van der Waals surface area contributed by atoms with E-state index in [-0.39, 0.29) is 5.69 Å². The van der Waals surface area contributed by atoms with Gasteiger partial charge >= 0.3 is 0 Å². The van der Waals surface area contributed by atoms with E-state index in [9.17, 15) is 10.1 Å². The van der Waals surface area contributed by atoms with Crippen LogP contribution in [0.5, 0.6) is 0 Å². The zero-order valence-corrected chi connectivity index (χ0v) is 16.9. The maximum Gasteiger partial charge on any atom is 0.269 e. The largest absolute Gasteiger partial charge is 0.369 e. The van der Waals surface area contributed by atoms with Crippen LogP contribution in [0.4, 0.5) is 23.1 Å². The quantitative estimate of drug-likeness (QED) is 0.254. The number of rotatable bonds is 9. The summed E-state index contributed by atoms with van der Waals surface area (Å²) in [7, 11) is 0. The molecule has 0 amide bonds. The molecule has 1 heterocycles. The lowest BCUT2D eigenvalue weighted by Crippen LogP contribution is -2.10. The second-order valence-corrected chi connectivity index (χ2v) is 7.52. The van der Waals surface area contributed by atoms with Crippen molar-refractivity contribution < 1.29 is 4.92 Å². The van der Waals surface area contributed by atoms with Gasteiger partial charge in [0.2, 0.25) is 5.95 Å². The normalized spacial score (nSPS) is 10.6. The van der Waals surface area contributed by atoms with Gasteiger partial charge in [-0.3, -0.25) is 10.1 Å². The smallest absolute Gasteiger partial charge is 0.269 e. The number of nitrogens with two attached hydrogens (primary N) is 1. The third kappa shape index (κ3) is 6.05. The van der Waals surface area contributed by atoms with Crippen LogP contribution in [-0.2, 0) is 0 Å². The summed E-state index contributed by atoms with van der Waals surface area (Å²) < 4.78 is 0. The van der Waals surface area contributed by atoms with Gasteiger partial charge in [0.1, 0.15) is 10.8 Å². The molecule has 0 radical (unpaired) electrons. The number of anilines is 3. The van der Waals surface area contributed by atoms with E-state index >= 15 is 0 Å². The third-order valence-corrected chi connectivity index (χ3v) is 5.10. The Balaban J connectivity index is 1.63. The van der Waals surface area contributed by atoms with E-state index in [0.29, 0.717) is 29.9 Å². The molecule has 0 atom stereocenters. The molecule has 10 heteroatoms. The Labute approximate surface area is 177 Å². The topological polar surface area (TPSA) is 119 Å². The van der Waals surface area contributed by atoms with Gasteiger partial charge < -0.3 is 16.4 Å². The van der Waals surface area contributed by atoms with E-state index in [0.717, 1.165) is 21.9 Å². The summed E-state index contributed by atoms with van der Waals surface area (Å²) in [5, 5.41) is 17.5. The lowest BCUT2D eigenvalue weighted by Gasteiger charge is -2.10. The molecule has 0 aliphatic heterocycles. The fraction of sp³-hybridized carbons (Fsp3) is 0.158. The van der Waals surface area contributed by atoms with Crippen molar-refractivity contribution in [2.75, 3.05) is 23.7 Å². The fourth-order valence-corrected chi connectivity index (χ4v) is 3.34. The summed E-state index contributed by atoms with van der Waals surface area (Å²) >= 11 is 7.64. The highest BCUT2D eigenvalue weighted by Gasteiger charge is 2.07. The van der Waals surface area contributed by atoms with Crippen LogP contribution in [0.1, 0.15) is 6.42 Å². The van der Waals surface area contributed by atoms with E-state index in [2.05, 4.69) is 20.6 Å². The van der Waals surface area contributed by atoms with Crippen molar-refractivity contribution in [3.63, 3.8) is 0 Å². The molecule has 1 aromatic heterocycles. The number of hydrogen-bond acceptors (Lipinski definition) is 8. The highest BCUT2D eigenvalue weighted by molar-refractivity contribution is 7.99. The highest BCUT2D eigenvalue weighted by Crippen LogP contribution is 2.30. The van der Waals surface area contributed by atoms with E-state index in [1.807, 2.05) is 24.3 Å². The molecule has 3 aromatic rings. The fourth-order valence-electron chi connectivity index (χ4n) is 2.37. The molecule has 0 saturated heterocycles. The van der Waals surface area contributed by atoms with Crippen LogP contribution >= 0.6 is 23.4 Å². The summed E-state index contributed by atoms with van der Waals surface area (Å²) in [6.07, 6.45) is 2.36. The van der Waals surface area contributed by atoms with Gasteiger partial charge in [-0.25, -0.2) is 4.98 Å². The van der Waals surface area contributed by atoms with Crippen molar-refractivity contribution in [2.24, 2.45) is 5.73 Å². The summed E-state index contributed by atoms with van der Waals surface area (Å²) in [5.41, 5.74) is 6.40. The molecule has 0 fully saturated rings. The van der Waals surface area contributed by atoms with E-state index < -0.39 is 4.92 Å². The Hall–Kier alpha value is -2.88. The summed E-state index contributed by atoms with van der Waals surface area (Å²) in [4.78, 5) is 20.8. The first-order chi connectivity index (χ1) is 14.0. The summed E-state index contributed by atoms with van der Waals surface area (Å²) in [5.74, 6) is 0.989. The predicted octanol–water partition coefficient (Wildman–Crippen LogP) is 4.69. The molecule has 0 unspecified atom stereocenters. The van der Waals surface area contributed by atoms with Gasteiger partial charge in [0.25, 0.3) is 5.69 Å². The number of halogens is 1. The van der Waals surface area contributed by atoms with Crippen molar-refractivity contribution in [1.82, 2.24) is 9.97 Å². The van der Waals surface area contributed by atoms with E-state index in [1.165, 1.54) is 23.9 Å². The molecule has 0 aliphatic rings. The van der Waals surface area contributed by atoms with E-state index in [4.69, 9.17) is 17.3 Å². The number of non-ortho nitro benzene ring substituents is 1. The SMILES string of the molecule is NCCCNc1nc(Nc2ccc(Sc3ccc([N+](=O)[O-])cc3)cc2)ncc1Cl. The molecule has 0 saturated carbocycles. The van der Waals surface area contributed by atoms with Crippen molar-refractivity contribution in [1.29, 1.82) is 0 Å². The van der Waals surface area contributed by atoms with Gasteiger partial charge in [0.15, 0.2) is 0 Å². The summed E-state index contributed by atoms with van der Waals surface area (Å²) in [6.45, 7) is 1.27. The number of nitrogens with zero attached hydrogens (tertiary/aromatic N) is 3. The van der Waals surface area contributed by atoms with Crippen LogP contribution in [0.15, 0.2) is 64.5 Å². The number of nitro groups is 1. The molecule has 0 bridgehead atoms. The number of benzene rings is 2. The van der Waals surface area contributed by atoms with E-state index in [1.54, 1.807) is 18.3 Å². The second kappa shape index (κ2) is 10.1. The molecule has 2 aromatic carbocycles. The Kier molecular flexibility index (Phi) is 7.23. The molecule has 0 spiro atoms. The molecule has 0 aliphatic carbocycles. The first kappa shape index (κ1) is 20.8. The average molecular weight is 431 g/mol. The highest BCUT2D eigenvalue weighted by atomic mass is 35.5. The number of nitrogens with one attached hydrogen (secondary N) is 2. The van der Waals surface area contributed by atoms with Crippen LogP contribution in [-0.4, -0.2) is 28.0 Å². The Morgan fingerprint density at radius 1 is 1.10 bits per heavy atom. The van der Waals surface area contributed by atoms with Gasteiger partial charge in [-0.1, -0.05) is 23.4 Å². The van der Waals surface area contributed by atoms with Gasteiger partial charge in [0, 0.05) is 34.2 Å². The zero-order valence-electron chi connectivity index (χ0n) is 15.3. The first-order valence-corrected chi connectivity index (χ1v) is 10.0. The summed E-state index contributed by atoms with van der Waals surface area (Å²) in [6, 6.07) is 14.2. The first-order valence-electron chi connectivity index (χ1n) is 8.81. The van der Waals surface area contributed by atoms with Gasteiger partial charge in [-0.2, -0.15) is 4.98 Å². The van der Waals surface area contributed by atoms with Crippen LogP contribution in [0.3, 0.4) is 0 Å². The van der Waals surface area contributed by atoms with Crippen molar-refractivity contribution >= 4 is 46.5 Å². The average Bonchev–Trinajstić information content (AvgIpc) is 2.72. The minimum atomic E-state index is -0.410. The lowest BCUT2D eigenvalue weighted by atomic mass is 10.3. The standard InChI is InChI=1S/C19H19ClN6O2S/c20-17-12-23-19(25-18(17)22-11-1-10-21)24-13-2-6-15(7-3-13)29-16-8-4-14(5-9-16)26(27)28/h2-9,12H,1,10-11,21H2,(H2,22,23,24,25). The van der Waals surface area contributed by atoms with Crippen molar-refractivity contribution in [3.05, 3.63) is 69.9 Å².